The molecule has 1 atom stereocenters. The van der Waals surface area contributed by atoms with Gasteiger partial charge in [0.25, 0.3) is 0 Å². The van der Waals surface area contributed by atoms with E-state index in [2.05, 4.69) is 25.5 Å². The first-order valence-electron chi connectivity index (χ1n) is 7.04. The van der Waals surface area contributed by atoms with Crippen LogP contribution in [0.4, 0.5) is 11.6 Å². The first-order valence-corrected chi connectivity index (χ1v) is 7.04. The van der Waals surface area contributed by atoms with Gasteiger partial charge in [-0.3, -0.25) is 4.79 Å². The third kappa shape index (κ3) is 3.24. The lowest BCUT2D eigenvalue weighted by molar-refractivity contribution is -0.128. The number of nitrogens with zero attached hydrogens (tertiary/aromatic N) is 3. The van der Waals surface area contributed by atoms with Gasteiger partial charge in [-0.25, -0.2) is 9.97 Å². The van der Waals surface area contributed by atoms with Crippen molar-refractivity contribution in [3.8, 4) is 0 Å². The molecule has 1 aliphatic heterocycles. The Labute approximate surface area is 125 Å². The molecule has 7 nitrogen and oxygen atoms in total. The van der Waals surface area contributed by atoms with Crippen LogP contribution in [0.15, 0.2) is 6.07 Å². The van der Waals surface area contributed by atoms with Crippen molar-refractivity contribution in [2.24, 2.45) is 5.41 Å². The van der Waals surface area contributed by atoms with Crippen molar-refractivity contribution < 1.29 is 9.53 Å². The second-order valence-electron chi connectivity index (χ2n) is 5.52. The maximum Gasteiger partial charge on any atom is 0.227 e. The summed E-state index contributed by atoms with van der Waals surface area (Å²) in [7, 11) is 5.12. The third-order valence-electron chi connectivity index (χ3n) is 3.86. The Kier molecular flexibility index (Phi) is 4.62. The van der Waals surface area contributed by atoms with Crippen LogP contribution in [0, 0.1) is 5.41 Å². The van der Waals surface area contributed by atoms with Gasteiger partial charge < -0.3 is 20.3 Å². The van der Waals surface area contributed by atoms with E-state index in [4.69, 9.17) is 4.74 Å². The molecule has 0 aliphatic carbocycles. The van der Waals surface area contributed by atoms with Crippen LogP contribution in [-0.4, -0.2) is 50.2 Å². The number of aromatic nitrogens is 2. The van der Waals surface area contributed by atoms with Gasteiger partial charge >= 0.3 is 0 Å². The summed E-state index contributed by atoms with van der Waals surface area (Å²) in [5, 5.41) is 5.77. The molecule has 1 aromatic heterocycles. The Hall–Kier alpha value is -1.89. The third-order valence-corrected chi connectivity index (χ3v) is 3.86. The number of carbonyl (C=O) groups excluding carboxylic acids is 1. The number of hydrogen-bond donors (Lipinski definition) is 2. The molecule has 2 rings (SSSR count). The Morgan fingerprint density at radius 2 is 2.24 bits per heavy atom. The molecule has 0 bridgehead atoms. The van der Waals surface area contributed by atoms with Crippen LogP contribution in [0.3, 0.4) is 0 Å². The molecule has 0 radical (unpaired) electrons. The topological polar surface area (TPSA) is 79.4 Å². The van der Waals surface area contributed by atoms with Crippen LogP contribution in [0.5, 0.6) is 0 Å². The van der Waals surface area contributed by atoms with Crippen molar-refractivity contribution in [1.29, 1.82) is 0 Å². The van der Waals surface area contributed by atoms with Gasteiger partial charge in [0, 0.05) is 40.4 Å². The maximum absolute atomic E-state index is 12.0. The summed E-state index contributed by atoms with van der Waals surface area (Å²) in [6.45, 7) is 3.81. The lowest BCUT2D eigenvalue weighted by Crippen LogP contribution is -2.39. The standard InChI is InChI=1S/C14H23N5O2/c1-14(13(20)16-3)5-6-19(9-14)12-7-10(15-2)17-11(18-12)8-21-4/h7H,5-6,8-9H2,1-4H3,(H,16,20)(H,15,17,18). The number of rotatable bonds is 5. The molecule has 2 N–H and O–H groups in total. The summed E-state index contributed by atoms with van der Waals surface area (Å²) in [6, 6.07) is 1.90. The minimum atomic E-state index is -0.374. The van der Waals surface area contributed by atoms with E-state index < -0.39 is 0 Å². The minimum absolute atomic E-state index is 0.0741. The van der Waals surface area contributed by atoms with E-state index in [1.54, 1.807) is 14.2 Å². The predicted molar refractivity (Wildman–Crippen MR) is 81.3 cm³/mol. The van der Waals surface area contributed by atoms with Crippen molar-refractivity contribution in [2.45, 2.75) is 20.0 Å². The van der Waals surface area contributed by atoms with Crippen molar-refractivity contribution in [2.75, 3.05) is 44.5 Å². The van der Waals surface area contributed by atoms with Gasteiger partial charge in [-0.15, -0.1) is 0 Å². The molecule has 1 unspecified atom stereocenters. The monoisotopic (exact) mass is 293 g/mol. The second-order valence-corrected chi connectivity index (χ2v) is 5.52. The van der Waals surface area contributed by atoms with Crippen LogP contribution in [0.2, 0.25) is 0 Å². The number of anilines is 2. The largest absolute Gasteiger partial charge is 0.377 e. The Morgan fingerprint density at radius 1 is 1.48 bits per heavy atom. The SMILES string of the molecule is CNC(=O)C1(C)CCN(c2cc(NC)nc(COC)n2)C1. The zero-order chi connectivity index (χ0) is 15.5. The average Bonchev–Trinajstić information content (AvgIpc) is 2.90. The van der Waals surface area contributed by atoms with Crippen molar-refractivity contribution in [3.63, 3.8) is 0 Å². The van der Waals surface area contributed by atoms with Crippen LogP contribution in [0.25, 0.3) is 0 Å². The van der Waals surface area contributed by atoms with Crippen LogP contribution in [0.1, 0.15) is 19.2 Å². The average molecular weight is 293 g/mol. The fourth-order valence-electron chi connectivity index (χ4n) is 2.61. The first-order chi connectivity index (χ1) is 10.0. The van der Waals surface area contributed by atoms with Crippen LogP contribution < -0.4 is 15.5 Å². The summed E-state index contributed by atoms with van der Waals surface area (Å²) in [6.07, 6.45) is 0.811. The molecule has 0 saturated carbocycles. The molecule has 1 saturated heterocycles. The van der Waals surface area contributed by atoms with Gasteiger partial charge in [0.1, 0.15) is 18.2 Å². The molecule has 0 aromatic carbocycles. The molecule has 1 aromatic rings. The molecule has 1 fully saturated rings. The number of methoxy groups -OCH3 is 1. The summed E-state index contributed by atoms with van der Waals surface area (Å²) in [5.74, 6) is 2.28. The zero-order valence-corrected chi connectivity index (χ0v) is 13.1. The maximum atomic E-state index is 12.0. The highest BCUT2D eigenvalue weighted by Gasteiger charge is 2.40. The van der Waals surface area contributed by atoms with Crippen molar-refractivity contribution in [1.82, 2.24) is 15.3 Å². The molecule has 7 heteroatoms. The summed E-state index contributed by atoms with van der Waals surface area (Å²) in [4.78, 5) is 23.0. The number of ether oxygens (including phenoxy) is 1. The summed E-state index contributed by atoms with van der Waals surface area (Å²) < 4.78 is 5.11. The van der Waals surface area contributed by atoms with E-state index in [9.17, 15) is 4.79 Å². The fourth-order valence-corrected chi connectivity index (χ4v) is 2.61. The van der Waals surface area contributed by atoms with Crippen molar-refractivity contribution >= 4 is 17.5 Å². The van der Waals surface area contributed by atoms with Gasteiger partial charge in [0.2, 0.25) is 5.91 Å². The molecule has 2 heterocycles. The number of hydrogen-bond acceptors (Lipinski definition) is 6. The fraction of sp³-hybridized carbons (Fsp3) is 0.643. The van der Waals surface area contributed by atoms with E-state index in [-0.39, 0.29) is 11.3 Å². The van der Waals surface area contributed by atoms with Gasteiger partial charge in [-0.05, 0) is 13.3 Å². The van der Waals surface area contributed by atoms with Crippen LogP contribution in [-0.2, 0) is 16.1 Å². The van der Waals surface area contributed by atoms with Crippen molar-refractivity contribution in [3.05, 3.63) is 11.9 Å². The zero-order valence-electron chi connectivity index (χ0n) is 13.1. The van der Waals surface area contributed by atoms with E-state index in [1.807, 2.05) is 20.0 Å². The van der Waals surface area contributed by atoms with E-state index in [0.717, 1.165) is 24.6 Å². The molecular weight excluding hydrogens is 270 g/mol. The Bertz CT molecular complexity index is 522. The summed E-state index contributed by atoms with van der Waals surface area (Å²) in [5.41, 5.74) is -0.374. The van der Waals surface area contributed by atoms with Gasteiger partial charge in [-0.1, -0.05) is 0 Å². The molecule has 21 heavy (non-hydrogen) atoms. The molecular formula is C14H23N5O2. The second kappa shape index (κ2) is 6.26. The number of amides is 1. The highest BCUT2D eigenvalue weighted by Crippen LogP contribution is 2.33. The predicted octanol–water partition coefficient (Wildman–Crippen LogP) is 0.627. The van der Waals surface area contributed by atoms with Gasteiger partial charge in [0.15, 0.2) is 5.82 Å². The molecule has 1 aliphatic rings. The first kappa shape index (κ1) is 15.5. The summed E-state index contributed by atoms with van der Waals surface area (Å²) >= 11 is 0. The highest BCUT2D eigenvalue weighted by atomic mass is 16.5. The quantitative estimate of drug-likeness (QED) is 0.829. The smallest absolute Gasteiger partial charge is 0.227 e. The van der Waals surface area contributed by atoms with E-state index in [1.165, 1.54) is 0 Å². The molecule has 116 valence electrons. The highest BCUT2D eigenvalue weighted by molar-refractivity contribution is 5.83. The molecule has 1 amide bonds. The lowest BCUT2D eigenvalue weighted by atomic mass is 9.89. The number of nitrogens with one attached hydrogen (secondary N) is 2. The van der Waals surface area contributed by atoms with Gasteiger partial charge in [-0.2, -0.15) is 0 Å². The minimum Gasteiger partial charge on any atom is -0.377 e. The van der Waals surface area contributed by atoms with E-state index >= 15 is 0 Å². The Morgan fingerprint density at radius 3 is 2.86 bits per heavy atom. The van der Waals surface area contributed by atoms with Gasteiger partial charge in [0.05, 0.1) is 5.41 Å². The Balaban J connectivity index is 2.23. The van der Waals surface area contributed by atoms with E-state index in [0.29, 0.717) is 19.0 Å². The lowest BCUT2D eigenvalue weighted by Gasteiger charge is -2.23. The molecule has 0 spiro atoms. The normalized spacial score (nSPS) is 21.4. The number of carbonyl (C=O) groups is 1. The van der Waals surface area contributed by atoms with Crippen LogP contribution >= 0.6 is 0 Å².